The van der Waals surface area contributed by atoms with Crippen molar-refractivity contribution < 1.29 is 5.11 Å². The summed E-state index contributed by atoms with van der Waals surface area (Å²) in [6.07, 6.45) is 3.80. The van der Waals surface area contributed by atoms with E-state index in [2.05, 4.69) is 37.0 Å². The molecule has 2 rings (SSSR count). The first-order chi connectivity index (χ1) is 9.15. The van der Waals surface area contributed by atoms with Gasteiger partial charge in [0.25, 0.3) is 0 Å². The van der Waals surface area contributed by atoms with Gasteiger partial charge in [-0.3, -0.25) is 4.98 Å². The van der Waals surface area contributed by atoms with Crippen LogP contribution in [0.15, 0.2) is 42.6 Å². The normalized spacial score (nSPS) is 12.4. The number of pyridine rings is 1. The average molecular weight is 255 g/mol. The van der Waals surface area contributed by atoms with Gasteiger partial charge in [0, 0.05) is 11.9 Å². The Labute approximate surface area is 115 Å². The van der Waals surface area contributed by atoms with Gasteiger partial charge in [-0.2, -0.15) is 0 Å². The molecule has 0 spiro atoms. The van der Waals surface area contributed by atoms with E-state index in [4.69, 9.17) is 0 Å². The van der Waals surface area contributed by atoms with Crippen LogP contribution >= 0.6 is 0 Å². The third-order valence-electron chi connectivity index (χ3n) is 3.42. The molecule has 100 valence electrons. The van der Waals surface area contributed by atoms with E-state index in [-0.39, 0.29) is 6.10 Å². The van der Waals surface area contributed by atoms with Gasteiger partial charge in [0.1, 0.15) is 0 Å². The molecule has 0 bridgehead atoms. The number of aliphatic hydroxyl groups is 1. The second kappa shape index (κ2) is 6.48. The summed E-state index contributed by atoms with van der Waals surface area (Å²) < 4.78 is 0. The Morgan fingerprint density at radius 2 is 2.00 bits per heavy atom. The van der Waals surface area contributed by atoms with Gasteiger partial charge >= 0.3 is 0 Å². The molecule has 0 aliphatic rings. The number of benzene rings is 1. The Bertz CT molecular complexity index is 522. The second-order valence-electron chi connectivity index (χ2n) is 5.15. The predicted molar refractivity (Wildman–Crippen MR) is 78.2 cm³/mol. The van der Waals surface area contributed by atoms with Crippen molar-refractivity contribution in [2.24, 2.45) is 0 Å². The van der Waals surface area contributed by atoms with Gasteiger partial charge < -0.3 is 5.11 Å². The monoisotopic (exact) mass is 255 g/mol. The maximum absolute atomic E-state index is 10.2. The van der Waals surface area contributed by atoms with Gasteiger partial charge in [-0.15, -0.1) is 0 Å². The van der Waals surface area contributed by atoms with Gasteiger partial charge in [-0.25, -0.2) is 0 Å². The smallest absolute Gasteiger partial charge is 0.0584 e. The number of aromatic nitrogens is 1. The molecule has 0 aliphatic heterocycles. The first-order valence-electron chi connectivity index (χ1n) is 6.79. The fourth-order valence-corrected chi connectivity index (χ4v) is 2.24. The summed E-state index contributed by atoms with van der Waals surface area (Å²) in [6.45, 7) is 4.18. The minimum absolute atomic E-state index is 0.303. The molecular formula is C17H21NO. The summed E-state index contributed by atoms with van der Waals surface area (Å²) >= 11 is 0. The molecule has 1 atom stereocenters. The molecule has 1 aromatic carbocycles. The Morgan fingerprint density at radius 3 is 2.74 bits per heavy atom. The maximum atomic E-state index is 10.2. The van der Waals surface area contributed by atoms with Crippen LogP contribution in [0.3, 0.4) is 0 Å². The minimum Gasteiger partial charge on any atom is -0.393 e. The molecular weight excluding hydrogens is 234 g/mol. The number of hydrogen-bond donors (Lipinski definition) is 1. The molecule has 1 heterocycles. The van der Waals surface area contributed by atoms with Gasteiger partial charge in [0.15, 0.2) is 0 Å². The molecule has 2 nitrogen and oxygen atoms in total. The topological polar surface area (TPSA) is 33.1 Å². The maximum Gasteiger partial charge on any atom is 0.0584 e. The van der Waals surface area contributed by atoms with E-state index in [1.54, 1.807) is 6.20 Å². The molecule has 0 saturated heterocycles. The van der Waals surface area contributed by atoms with Crippen LogP contribution in [-0.4, -0.2) is 16.2 Å². The van der Waals surface area contributed by atoms with Crippen LogP contribution in [-0.2, 0) is 12.8 Å². The lowest BCUT2D eigenvalue weighted by atomic mass is 9.98. The van der Waals surface area contributed by atoms with E-state index in [9.17, 15) is 5.11 Å². The van der Waals surface area contributed by atoms with E-state index in [1.807, 2.05) is 18.2 Å². The molecule has 0 aliphatic carbocycles. The van der Waals surface area contributed by atoms with Gasteiger partial charge in [0.2, 0.25) is 0 Å². The van der Waals surface area contributed by atoms with Crippen molar-refractivity contribution in [3.63, 3.8) is 0 Å². The first-order valence-corrected chi connectivity index (χ1v) is 6.79. The van der Waals surface area contributed by atoms with Crippen LogP contribution in [0, 0.1) is 13.8 Å². The second-order valence-corrected chi connectivity index (χ2v) is 5.15. The standard InChI is InChI=1S/C17H21NO/c1-13-6-7-14(2)15(11-13)12-17(19)9-8-16-5-3-4-10-18-16/h3-7,10-11,17,19H,8-9,12H2,1-2H3. The molecule has 2 aromatic rings. The molecule has 0 amide bonds. The Balaban J connectivity index is 1.90. The van der Waals surface area contributed by atoms with Crippen molar-refractivity contribution in [2.45, 2.75) is 39.2 Å². The Morgan fingerprint density at radius 1 is 1.16 bits per heavy atom. The number of aliphatic hydroxyl groups excluding tert-OH is 1. The molecule has 1 unspecified atom stereocenters. The first kappa shape index (κ1) is 13.8. The number of hydrogen-bond acceptors (Lipinski definition) is 2. The summed E-state index contributed by atoms with van der Waals surface area (Å²) in [5.74, 6) is 0. The molecule has 0 saturated carbocycles. The zero-order chi connectivity index (χ0) is 13.7. The number of aryl methyl sites for hydroxylation is 3. The van der Waals surface area contributed by atoms with Crippen LogP contribution in [0.25, 0.3) is 0 Å². The van der Waals surface area contributed by atoms with E-state index < -0.39 is 0 Å². The quantitative estimate of drug-likeness (QED) is 0.889. The highest BCUT2D eigenvalue weighted by Gasteiger charge is 2.08. The molecule has 1 aromatic heterocycles. The highest BCUT2D eigenvalue weighted by molar-refractivity contribution is 5.30. The summed E-state index contributed by atoms with van der Waals surface area (Å²) in [4.78, 5) is 4.28. The van der Waals surface area contributed by atoms with Crippen LogP contribution in [0.5, 0.6) is 0 Å². The van der Waals surface area contributed by atoms with E-state index in [0.29, 0.717) is 0 Å². The number of nitrogens with zero attached hydrogens (tertiary/aromatic N) is 1. The third-order valence-corrected chi connectivity index (χ3v) is 3.42. The van der Waals surface area contributed by atoms with E-state index in [0.717, 1.165) is 25.0 Å². The SMILES string of the molecule is Cc1ccc(C)c(CC(O)CCc2ccccn2)c1. The predicted octanol–water partition coefficient (Wildman–Crippen LogP) is 3.23. The zero-order valence-electron chi connectivity index (χ0n) is 11.6. The molecule has 2 heteroatoms. The highest BCUT2D eigenvalue weighted by atomic mass is 16.3. The molecule has 0 radical (unpaired) electrons. The average Bonchev–Trinajstić information content (AvgIpc) is 2.42. The van der Waals surface area contributed by atoms with Gasteiger partial charge in [-0.05, 0) is 56.4 Å². The van der Waals surface area contributed by atoms with Crippen LogP contribution in [0.4, 0.5) is 0 Å². The van der Waals surface area contributed by atoms with Crippen LogP contribution < -0.4 is 0 Å². The Kier molecular flexibility index (Phi) is 4.69. The van der Waals surface area contributed by atoms with Crippen molar-refractivity contribution >= 4 is 0 Å². The summed E-state index contributed by atoms with van der Waals surface area (Å²) in [5, 5.41) is 10.2. The lowest BCUT2D eigenvalue weighted by Gasteiger charge is -2.13. The van der Waals surface area contributed by atoms with Crippen molar-refractivity contribution in [2.75, 3.05) is 0 Å². The van der Waals surface area contributed by atoms with Crippen molar-refractivity contribution in [1.82, 2.24) is 4.98 Å². The largest absolute Gasteiger partial charge is 0.393 e. The number of rotatable bonds is 5. The zero-order valence-corrected chi connectivity index (χ0v) is 11.6. The van der Waals surface area contributed by atoms with Crippen LogP contribution in [0.2, 0.25) is 0 Å². The van der Waals surface area contributed by atoms with Crippen LogP contribution in [0.1, 0.15) is 28.8 Å². The summed E-state index contributed by atoms with van der Waals surface area (Å²) in [7, 11) is 0. The lowest BCUT2D eigenvalue weighted by molar-refractivity contribution is 0.164. The molecule has 19 heavy (non-hydrogen) atoms. The highest BCUT2D eigenvalue weighted by Crippen LogP contribution is 2.15. The molecule has 0 fully saturated rings. The van der Waals surface area contributed by atoms with E-state index in [1.165, 1.54) is 16.7 Å². The van der Waals surface area contributed by atoms with Crippen molar-refractivity contribution in [3.8, 4) is 0 Å². The third kappa shape index (κ3) is 4.18. The summed E-state index contributed by atoms with van der Waals surface area (Å²) in [6, 6.07) is 12.3. The van der Waals surface area contributed by atoms with Crippen molar-refractivity contribution in [1.29, 1.82) is 0 Å². The minimum atomic E-state index is -0.303. The summed E-state index contributed by atoms with van der Waals surface area (Å²) in [5.41, 5.74) is 4.79. The van der Waals surface area contributed by atoms with Crippen molar-refractivity contribution in [3.05, 3.63) is 65.0 Å². The Hall–Kier alpha value is -1.67. The van der Waals surface area contributed by atoms with Gasteiger partial charge in [0.05, 0.1) is 6.10 Å². The van der Waals surface area contributed by atoms with E-state index >= 15 is 0 Å². The van der Waals surface area contributed by atoms with Gasteiger partial charge in [-0.1, -0.05) is 29.8 Å². The fraction of sp³-hybridized carbons (Fsp3) is 0.353. The fourth-order valence-electron chi connectivity index (χ4n) is 2.24. The lowest BCUT2D eigenvalue weighted by Crippen LogP contribution is -2.13. The molecule has 1 N–H and O–H groups in total.